The van der Waals surface area contributed by atoms with Crippen molar-refractivity contribution in [2.24, 2.45) is 0 Å². The Labute approximate surface area is 145 Å². The minimum Gasteiger partial charge on any atom is -0.467 e. The van der Waals surface area contributed by atoms with E-state index in [9.17, 15) is 22.8 Å². The molecular weight excluding hydrogens is 335 g/mol. The number of unbranched alkanes of at least 4 members (excludes halogenated alkanes) is 3. The van der Waals surface area contributed by atoms with Crippen LogP contribution >= 0.6 is 0 Å². The van der Waals surface area contributed by atoms with Gasteiger partial charge in [0, 0.05) is 0 Å². The summed E-state index contributed by atoms with van der Waals surface area (Å²) >= 11 is 0. The van der Waals surface area contributed by atoms with Crippen LogP contribution in [0.15, 0.2) is 24.3 Å². The number of esters is 1. The zero-order valence-electron chi connectivity index (χ0n) is 14.5. The summed E-state index contributed by atoms with van der Waals surface area (Å²) in [6, 6.07) is 3.82. The van der Waals surface area contributed by atoms with Crippen molar-refractivity contribution in [2.75, 3.05) is 7.11 Å². The molecule has 1 aromatic rings. The Hall–Kier alpha value is -2.05. The zero-order valence-corrected chi connectivity index (χ0v) is 14.5. The highest BCUT2D eigenvalue weighted by Crippen LogP contribution is 2.29. The molecule has 0 aromatic heterocycles. The standard InChI is InChI=1S/C18H24F3NO3/c1-3-4-5-6-10-15(17(24)25-2)22-16(23)12-13-8-7-9-14(11-13)18(19,20)21/h7-9,11,15H,3-6,10,12H2,1-2H3,(H,22,23)/t15-/m1/s1. The first-order valence-electron chi connectivity index (χ1n) is 8.31. The van der Waals surface area contributed by atoms with E-state index >= 15 is 0 Å². The van der Waals surface area contributed by atoms with Crippen molar-refractivity contribution in [2.45, 2.75) is 57.7 Å². The van der Waals surface area contributed by atoms with Crippen molar-refractivity contribution >= 4 is 11.9 Å². The van der Waals surface area contributed by atoms with Crippen molar-refractivity contribution in [3.05, 3.63) is 35.4 Å². The predicted molar refractivity (Wildman–Crippen MR) is 87.9 cm³/mol. The maximum Gasteiger partial charge on any atom is 0.416 e. The molecule has 4 nitrogen and oxygen atoms in total. The molecule has 0 saturated carbocycles. The summed E-state index contributed by atoms with van der Waals surface area (Å²) in [5, 5.41) is 2.56. The molecule has 0 aliphatic rings. The molecule has 0 fully saturated rings. The van der Waals surface area contributed by atoms with E-state index in [1.807, 2.05) is 0 Å². The Morgan fingerprint density at radius 2 is 1.92 bits per heavy atom. The van der Waals surface area contributed by atoms with Gasteiger partial charge in [0.2, 0.25) is 5.91 Å². The molecule has 0 unspecified atom stereocenters. The molecule has 1 aromatic carbocycles. The lowest BCUT2D eigenvalue weighted by atomic mass is 10.1. The topological polar surface area (TPSA) is 55.4 Å². The molecule has 1 N–H and O–H groups in total. The van der Waals surface area contributed by atoms with Crippen LogP contribution in [-0.4, -0.2) is 25.0 Å². The van der Waals surface area contributed by atoms with Gasteiger partial charge >= 0.3 is 12.1 Å². The first-order valence-corrected chi connectivity index (χ1v) is 8.31. The minimum absolute atomic E-state index is 0.230. The fourth-order valence-electron chi connectivity index (χ4n) is 2.45. The quantitative estimate of drug-likeness (QED) is 0.538. The Bertz CT molecular complexity index is 573. The predicted octanol–water partition coefficient (Wildman–Crippen LogP) is 3.88. The molecule has 25 heavy (non-hydrogen) atoms. The smallest absolute Gasteiger partial charge is 0.416 e. The summed E-state index contributed by atoms with van der Waals surface area (Å²) in [4.78, 5) is 23.9. The van der Waals surface area contributed by atoms with Crippen LogP contribution in [0.1, 0.15) is 50.2 Å². The van der Waals surface area contributed by atoms with Crippen LogP contribution in [-0.2, 0) is 26.9 Å². The summed E-state index contributed by atoms with van der Waals surface area (Å²) in [7, 11) is 1.24. The number of rotatable bonds is 9. The number of amides is 1. The molecule has 0 saturated heterocycles. The maximum absolute atomic E-state index is 12.7. The third-order valence-electron chi connectivity index (χ3n) is 3.79. The normalized spacial score (nSPS) is 12.5. The molecule has 0 radical (unpaired) electrons. The molecular formula is C18H24F3NO3. The summed E-state index contributed by atoms with van der Waals surface area (Å²) in [5.74, 6) is -1.06. The van der Waals surface area contributed by atoms with Crippen molar-refractivity contribution in [3.8, 4) is 0 Å². The van der Waals surface area contributed by atoms with Crippen LogP contribution in [0.5, 0.6) is 0 Å². The monoisotopic (exact) mass is 359 g/mol. The van der Waals surface area contributed by atoms with Gasteiger partial charge in [-0.15, -0.1) is 0 Å². The van der Waals surface area contributed by atoms with Gasteiger partial charge in [-0.25, -0.2) is 4.79 Å². The number of benzene rings is 1. The maximum atomic E-state index is 12.7. The first kappa shape index (κ1) is 21.0. The molecule has 0 aliphatic heterocycles. The van der Waals surface area contributed by atoms with E-state index in [0.717, 1.165) is 37.8 Å². The Morgan fingerprint density at radius 3 is 2.52 bits per heavy atom. The van der Waals surface area contributed by atoms with Crippen molar-refractivity contribution < 1.29 is 27.5 Å². The van der Waals surface area contributed by atoms with Gasteiger partial charge in [0.05, 0.1) is 19.1 Å². The van der Waals surface area contributed by atoms with Crippen molar-refractivity contribution in [3.63, 3.8) is 0 Å². The van der Waals surface area contributed by atoms with Crippen LogP contribution in [0.4, 0.5) is 13.2 Å². The molecule has 140 valence electrons. The summed E-state index contributed by atoms with van der Waals surface area (Å²) in [6.07, 6.45) is -0.463. The number of nitrogens with one attached hydrogen (secondary N) is 1. The molecule has 0 aliphatic carbocycles. The molecule has 0 spiro atoms. The van der Waals surface area contributed by atoms with Gasteiger partial charge in [0.1, 0.15) is 6.04 Å². The molecule has 1 amide bonds. The number of carbonyl (C=O) groups is 2. The van der Waals surface area contributed by atoms with E-state index in [1.54, 1.807) is 0 Å². The highest BCUT2D eigenvalue weighted by Gasteiger charge is 2.30. The lowest BCUT2D eigenvalue weighted by Crippen LogP contribution is -2.42. The highest BCUT2D eigenvalue weighted by molar-refractivity contribution is 5.85. The molecule has 1 atom stereocenters. The van der Waals surface area contributed by atoms with Crippen LogP contribution in [0.2, 0.25) is 0 Å². The largest absolute Gasteiger partial charge is 0.467 e. The summed E-state index contributed by atoms with van der Waals surface area (Å²) < 4.78 is 42.8. The van der Waals surface area contributed by atoms with E-state index in [-0.39, 0.29) is 12.0 Å². The average molecular weight is 359 g/mol. The first-order chi connectivity index (χ1) is 11.8. The molecule has 0 bridgehead atoms. The van der Waals surface area contributed by atoms with Crippen molar-refractivity contribution in [1.29, 1.82) is 0 Å². The van der Waals surface area contributed by atoms with Gasteiger partial charge < -0.3 is 10.1 Å². The van der Waals surface area contributed by atoms with Gasteiger partial charge in [-0.2, -0.15) is 13.2 Å². The van der Waals surface area contributed by atoms with Gasteiger partial charge in [-0.3, -0.25) is 4.79 Å². The molecule has 1 rings (SSSR count). The van der Waals surface area contributed by atoms with E-state index in [4.69, 9.17) is 0 Å². The lowest BCUT2D eigenvalue weighted by Gasteiger charge is -2.16. The third-order valence-corrected chi connectivity index (χ3v) is 3.79. The second kappa shape index (κ2) is 10.1. The second-order valence-electron chi connectivity index (χ2n) is 5.87. The SMILES string of the molecule is CCCCCC[C@@H](NC(=O)Cc1cccc(C(F)(F)F)c1)C(=O)OC. The lowest BCUT2D eigenvalue weighted by molar-refractivity contribution is -0.145. The zero-order chi connectivity index (χ0) is 18.9. The number of carbonyl (C=O) groups excluding carboxylic acids is 2. The number of hydrogen-bond donors (Lipinski definition) is 1. The van der Waals surface area contributed by atoms with Gasteiger partial charge in [0.15, 0.2) is 0 Å². The number of hydrogen-bond acceptors (Lipinski definition) is 3. The van der Waals surface area contributed by atoms with Crippen LogP contribution in [0.25, 0.3) is 0 Å². The Balaban J connectivity index is 2.66. The van der Waals surface area contributed by atoms with E-state index in [2.05, 4.69) is 17.0 Å². The molecule has 0 heterocycles. The highest BCUT2D eigenvalue weighted by atomic mass is 19.4. The van der Waals surface area contributed by atoms with Crippen LogP contribution in [0, 0.1) is 0 Å². The number of alkyl halides is 3. The summed E-state index contributed by atoms with van der Waals surface area (Å²) in [6.45, 7) is 2.06. The number of ether oxygens (including phenoxy) is 1. The number of halogens is 3. The number of methoxy groups -OCH3 is 1. The van der Waals surface area contributed by atoms with E-state index in [1.165, 1.54) is 19.2 Å². The average Bonchev–Trinajstić information content (AvgIpc) is 2.56. The summed E-state index contributed by atoms with van der Waals surface area (Å²) in [5.41, 5.74) is -0.566. The second-order valence-corrected chi connectivity index (χ2v) is 5.87. The van der Waals surface area contributed by atoms with Crippen molar-refractivity contribution in [1.82, 2.24) is 5.32 Å². The Morgan fingerprint density at radius 1 is 1.20 bits per heavy atom. The van der Waals surface area contributed by atoms with Gasteiger partial charge in [-0.05, 0) is 18.1 Å². The fraction of sp³-hybridized carbons (Fsp3) is 0.556. The molecule has 7 heteroatoms. The minimum atomic E-state index is -4.46. The van der Waals surface area contributed by atoms with E-state index in [0.29, 0.717) is 6.42 Å². The third kappa shape index (κ3) is 7.58. The Kier molecular flexibility index (Phi) is 8.45. The fourth-order valence-corrected chi connectivity index (χ4v) is 2.45. The van der Waals surface area contributed by atoms with Gasteiger partial charge in [0.25, 0.3) is 0 Å². The van der Waals surface area contributed by atoms with Crippen LogP contribution in [0.3, 0.4) is 0 Å². The van der Waals surface area contributed by atoms with Crippen LogP contribution < -0.4 is 5.32 Å². The van der Waals surface area contributed by atoms with E-state index < -0.39 is 29.7 Å². The van der Waals surface area contributed by atoms with Gasteiger partial charge in [-0.1, -0.05) is 50.8 Å².